The third-order valence-corrected chi connectivity index (χ3v) is 3.83. The number of nitrogens with two attached hydrogens (primary N) is 1. The Morgan fingerprint density at radius 2 is 1.89 bits per heavy atom. The van der Waals surface area contributed by atoms with E-state index in [-0.39, 0.29) is 5.75 Å². The molecule has 0 aromatic carbocycles. The first-order valence-corrected chi connectivity index (χ1v) is 8.18. The van der Waals surface area contributed by atoms with Gasteiger partial charge in [-0.3, -0.25) is 4.99 Å². The van der Waals surface area contributed by atoms with E-state index in [4.69, 9.17) is 5.73 Å². The predicted octanol–water partition coefficient (Wildman–Crippen LogP) is 0.410. The molecule has 0 unspecified atom stereocenters. The van der Waals surface area contributed by atoms with Gasteiger partial charge in [0.1, 0.15) is 0 Å². The van der Waals surface area contributed by atoms with Crippen molar-refractivity contribution in [3.05, 3.63) is 0 Å². The highest BCUT2D eigenvalue weighted by Gasteiger charge is 2.04. The number of aliphatic imine (C=N–C) groups is 1. The number of sulfonamides is 1. The van der Waals surface area contributed by atoms with Crippen molar-refractivity contribution in [2.45, 2.75) is 39.5 Å². The molecule has 0 aliphatic heterocycles. The molecule has 0 spiro atoms. The molecule has 108 valence electrons. The van der Waals surface area contributed by atoms with E-state index in [0.29, 0.717) is 19.0 Å². The SMILES string of the molecule is CCCCCCN=C(N)NCCNS(=O)(=O)CC. The zero-order valence-electron chi connectivity index (χ0n) is 11.4. The smallest absolute Gasteiger partial charge is 0.211 e. The van der Waals surface area contributed by atoms with Gasteiger partial charge in [-0.05, 0) is 13.3 Å². The van der Waals surface area contributed by atoms with Gasteiger partial charge >= 0.3 is 0 Å². The molecule has 0 bridgehead atoms. The summed E-state index contributed by atoms with van der Waals surface area (Å²) >= 11 is 0. The molecule has 7 heteroatoms. The van der Waals surface area contributed by atoms with Crippen LogP contribution in [0.5, 0.6) is 0 Å². The molecule has 0 aromatic rings. The lowest BCUT2D eigenvalue weighted by Crippen LogP contribution is -2.38. The first-order valence-electron chi connectivity index (χ1n) is 6.53. The molecule has 0 fully saturated rings. The van der Waals surface area contributed by atoms with E-state index in [1.807, 2.05) is 0 Å². The number of nitrogens with zero attached hydrogens (tertiary/aromatic N) is 1. The lowest BCUT2D eigenvalue weighted by Gasteiger charge is -2.07. The van der Waals surface area contributed by atoms with Crippen LogP contribution < -0.4 is 15.8 Å². The Hall–Kier alpha value is -0.820. The highest BCUT2D eigenvalue weighted by molar-refractivity contribution is 7.89. The van der Waals surface area contributed by atoms with Crippen molar-refractivity contribution in [2.24, 2.45) is 10.7 Å². The van der Waals surface area contributed by atoms with Gasteiger partial charge in [0.25, 0.3) is 0 Å². The van der Waals surface area contributed by atoms with Crippen molar-refractivity contribution in [2.75, 3.05) is 25.4 Å². The molecule has 18 heavy (non-hydrogen) atoms. The first-order chi connectivity index (χ1) is 8.52. The van der Waals surface area contributed by atoms with E-state index >= 15 is 0 Å². The Morgan fingerprint density at radius 1 is 1.17 bits per heavy atom. The van der Waals surface area contributed by atoms with Gasteiger partial charge in [0.05, 0.1) is 5.75 Å². The molecule has 0 rings (SSSR count). The van der Waals surface area contributed by atoms with E-state index in [1.165, 1.54) is 19.3 Å². The van der Waals surface area contributed by atoms with Crippen LogP contribution in [0.2, 0.25) is 0 Å². The van der Waals surface area contributed by atoms with Gasteiger partial charge in [0.2, 0.25) is 10.0 Å². The molecule has 0 aliphatic rings. The normalized spacial score (nSPS) is 12.7. The molecule has 0 saturated heterocycles. The first kappa shape index (κ1) is 17.2. The second-order valence-electron chi connectivity index (χ2n) is 4.05. The maximum Gasteiger partial charge on any atom is 0.211 e. The highest BCUT2D eigenvalue weighted by Crippen LogP contribution is 1.98. The molecule has 0 heterocycles. The summed E-state index contributed by atoms with van der Waals surface area (Å²) < 4.78 is 24.7. The Kier molecular flexibility index (Phi) is 9.67. The van der Waals surface area contributed by atoms with Gasteiger partial charge < -0.3 is 11.1 Å². The average molecular weight is 278 g/mol. The number of hydrogen-bond donors (Lipinski definition) is 3. The molecule has 0 saturated carbocycles. The topological polar surface area (TPSA) is 96.6 Å². The van der Waals surface area contributed by atoms with Crippen LogP contribution in [0.3, 0.4) is 0 Å². The van der Waals surface area contributed by atoms with Crippen LogP contribution in [0, 0.1) is 0 Å². The third kappa shape index (κ3) is 10.3. The molecular weight excluding hydrogens is 252 g/mol. The van der Waals surface area contributed by atoms with Gasteiger partial charge in [-0.1, -0.05) is 26.2 Å². The lowest BCUT2D eigenvalue weighted by molar-refractivity contribution is 0.582. The minimum Gasteiger partial charge on any atom is -0.370 e. The van der Waals surface area contributed by atoms with Gasteiger partial charge in [-0.15, -0.1) is 0 Å². The fourth-order valence-electron chi connectivity index (χ4n) is 1.29. The van der Waals surface area contributed by atoms with E-state index in [2.05, 4.69) is 22.0 Å². The summed E-state index contributed by atoms with van der Waals surface area (Å²) in [5.74, 6) is 0.468. The summed E-state index contributed by atoms with van der Waals surface area (Å²) in [5, 5.41) is 2.87. The Balaban J connectivity index is 3.58. The zero-order chi connectivity index (χ0) is 13.9. The summed E-state index contributed by atoms with van der Waals surface area (Å²) in [7, 11) is -3.12. The maximum atomic E-state index is 11.1. The minimum atomic E-state index is -3.12. The van der Waals surface area contributed by atoms with Crippen LogP contribution in [0.4, 0.5) is 0 Å². The van der Waals surface area contributed by atoms with E-state index in [0.717, 1.165) is 13.0 Å². The summed E-state index contributed by atoms with van der Waals surface area (Å²) in [6.07, 6.45) is 4.64. The van der Waals surface area contributed by atoms with E-state index in [9.17, 15) is 8.42 Å². The summed E-state index contributed by atoms with van der Waals surface area (Å²) in [4.78, 5) is 4.16. The van der Waals surface area contributed by atoms with Crippen molar-refractivity contribution >= 4 is 16.0 Å². The molecule has 0 radical (unpaired) electrons. The van der Waals surface area contributed by atoms with Crippen LogP contribution in [0.25, 0.3) is 0 Å². The number of nitrogens with one attached hydrogen (secondary N) is 2. The maximum absolute atomic E-state index is 11.1. The Bertz CT molecular complexity index is 328. The summed E-state index contributed by atoms with van der Waals surface area (Å²) in [6.45, 7) is 5.25. The second-order valence-corrected chi connectivity index (χ2v) is 6.15. The molecule has 0 amide bonds. The van der Waals surface area contributed by atoms with Crippen LogP contribution in [0.1, 0.15) is 39.5 Å². The monoisotopic (exact) mass is 278 g/mol. The fraction of sp³-hybridized carbons (Fsp3) is 0.909. The average Bonchev–Trinajstić information content (AvgIpc) is 2.34. The van der Waals surface area contributed by atoms with Crippen molar-refractivity contribution in [3.8, 4) is 0 Å². The number of unbranched alkanes of at least 4 members (excludes halogenated alkanes) is 3. The lowest BCUT2D eigenvalue weighted by atomic mass is 10.2. The summed E-state index contributed by atoms with van der Waals surface area (Å²) in [5.41, 5.74) is 5.63. The minimum absolute atomic E-state index is 0.0913. The van der Waals surface area contributed by atoms with Crippen molar-refractivity contribution in [1.29, 1.82) is 0 Å². The zero-order valence-corrected chi connectivity index (χ0v) is 12.2. The van der Waals surface area contributed by atoms with Crippen LogP contribution in [0.15, 0.2) is 4.99 Å². The second kappa shape index (κ2) is 10.1. The molecule has 4 N–H and O–H groups in total. The van der Waals surface area contributed by atoms with Gasteiger partial charge in [0.15, 0.2) is 5.96 Å². The molecule has 0 aliphatic carbocycles. The van der Waals surface area contributed by atoms with Gasteiger partial charge in [0, 0.05) is 19.6 Å². The standard InChI is InChI=1S/C11H26N4O2S/c1-3-5-6-7-8-13-11(12)14-9-10-15-18(16,17)4-2/h15H,3-10H2,1-2H3,(H3,12,13,14). The predicted molar refractivity (Wildman–Crippen MR) is 76.1 cm³/mol. The Morgan fingerprint density at radius 3 is 2.50 bits per heavy atom. The Labute approximate surface area is 110 Å². The fourth-order valence-corrected chi connectivity index (χ4v) is 1.91. The quantitative estimate of drug-likeness (QED) is 0.306. The molecular formula is C11H26N4O2S. The van der Waals surface area contributed by atoms with Crippen molar-refractivity contribution in [3.63, 3.8) is 0 Å². The van der Waals surface area contributed by atoms with E-state index in [1.54, 1.807) is 6.92 Å². The molecule has 0 aromatic heterocycles. The van der Waals surface area contributed by atoms with Crippen LogP contribution in [-0.4, -0.2) is 39.8 Å². The van der Waals surface area contributed by atoms with Crippen molar-refractivity contribution in [1.82, 2.24) is 10.0 Å². The molecule has 6 nitrogen and oxygen atoms in total. The number of hydrogen-bond acceptors (Lipinski definition) is 3. The van der Waals surface area contributed by atoms with E-state index < -0.39 is 10.0 Å². The number of rotatable bonds is 10. The molecule has 0 atom stereocenters. The number of guanidine groups is 1. The van der Waals surface area contributed by atoms with Gasteiger partial charge in [-0.2, -0.15) is 0 Å². The van der Waals surface area contributed by atoms with Crippen molar-refractivity contribution < 1.29 is 8.42 Å². The van der Waals surface area contributed by atoms with Gasteiger partial charge in [-0.25, -0.2) is 13.1 Å². The largest absolute Gasteiger partial charge is 0.370 e. The third-order valence-electron chi connectivity index (χ3n) is 2.43. The highest BCUT2D eigenvalue weighted by atomic mass is 32.2. The van der Waals surface area contributed by atoms with Crippen LogP contribution in [-0.2, 0) is 10.0 Å². The summed E-state index contributed by atoms with van der Waals surface area (Å²) in [6, 6.07) is 0. The van der Waals surface area contributed by atoms with Crippen LogP contribution >= 0.6 is 0 Å².